The van der Waals surface area contributed by atoms with Crippen LogP contribution in [0.5, 0.6) is 5.75 Å². The van der Waals surface area contributed by atoms with Crippen molar-refractivity contribution >= 4 is 21.8 Å². The zero-order valence-electron chi connectivity index (χ0n) is 21.9. The maximum absolute atomic E-state index is 12.2. The fourth-order valence-corrected chi connectivity index (χ4v) is 4.56. The lowest BCUT2D eigenvalue weighted by Gasteiger charge is -2.16. The highest BCUT2D eigenvalue weighted by molar-refractivity contribution is 7.90. The minimum absolute atomic E-state index is 0.102. The maximum atomic E-state index is 12.2. The Balaban J connectivity index is 1.77. The predicted molar refractivity (Wildman–Crippen MR) is 144 cm³/mol. The highest BCUT2D eigenvalue weighted by atomic mass is 32.2. The van der Waals surface area contributed by atoms with Crippen LogP contribution in [0.4, 0.5) is 0 Å². The number of carbonyl (C=O) groups excluding carboxylic acids is 2. The van der Waals surface area contributed by atoms with Gasteiger partial charge in [0.15, 0.2) is 9.84 Å². The quantitative estimate of drug-likeness (QED) is 0.256. The van der Waals surface area contributed by atoms with Crippen LogP contribution < -0.4 is 10.1 Å². The largest absolute Gasteiger partial charge is 0.496 e. The summed E-state index contributed by atoms with van der Waals surface area (Å²) < 4.78 is 40.4. The third kappa shape index (κ3) is 8.43. The molecule has 8 nitrogen and oxygen atoms in total. The molecule has 0 spiro atoms. The molecule has 0 aliphatic carbocycles. The Bertz CT molecular complexity index is 1350. The first kappa shape index (κ1) is 28.9. The Morgan fingerprint density at radius 1 is 0.868 bits per heavy atom. The van der Waals surface area contributed by atoms with Gasteiger partial charge in [-0.25, -0.2) is 8.42 Å². The smallest absolute Gasteiger partial charge is 0.310 e. The molecular weight excluding hydrogens is 506 g/mol. The summed E-state index contributed by atoms with van der Waals surface area (Å²) in [5, 5.41) is 3.21. The van der Waals surface area contributed by atoms with Gasteiger partial charge in [-0.3, -0.25) is 9.59 Å². The molecule has 0 atom stereocenters. The molecule has 0 aliphatic rings. The first-order chi connectivity index (χ1) is 18.2. The van der Waals surface area contributed by atoms with E-state index in [9.17, 15) is 18.0 Å². The van der Waals surface area contributed by atoms with Crippen molar-refractivity contribution in [3.05, 3.63) is 83.4 Å². The van der Waals surface area contributed by atoms with E-state index >= 15 is 0 Å². The first-order valence-electron chi connectivity index (χ1n) is 12.3. The summed E-state index contributed by atoms with van der Waals surface area (Å²) in [6.45, 7) is 2.90. The van der Waals surface area contributed by atoms with Crippen LogP contribution in [0.15, 0.2) is 71.6 Å². The Morgan fingerprint density at radius 2 is 1.63 bits per heavy atom. The highest BCUT2D eigenvalue weighted by Crippen LogP contribution is 2.35. The summed E-state index contributed by atoms with van der Waals surface area (Å²) in [7, 11) is -1.89. The molecule has 0 saturated heterocycles. The van der Waals surface area contributed by atoms with Crippen LogP contribution >= 0.6 is 0 Å². The number of nitrogens with one attached hydrogen (secondary N) is 1. The van der Waals surface area contributed by atoms with Crippen LogP contribution in [0.3, 0.4) is 0 Å². The van der Waals surface area contributed by atoms with Crippen LogP contribution in [0, 0.1) is 0 Å². The Hall–Kier alpha value is -3.69. The molecule has 1 N–H and O–H groups in total. The van der Waals surface area contributed by atoms with Crippen molar-refractivity contribution in [1.29, 1.82) is 0 Å². The van der Waals surface area contributed by atoms with Crippen molar-refractivity contribution in [1.82, 2.24) is 5.32 Å². The van der Waals surface area contributed by atoms with E-state index in [1.807, 2.05) is 36.4 Å². The molecule has 0 radical (unpaired) electrons. The molecular formula is C29H33NO7S. The summed E-state index contributed by atoms with van der Waals surface area (Å²) in [6.07, 6.45) is 1.42. The van der Waals surface area contributed by atoms with E-state index in [4.69, 9.17) is 14.2 Å². The Kier molecular flexibility index (Phi) is 10.4. The average Bonchev–Trinajstić information content (AvgIpc) is 2.90. The minimum atomic E-state index is -3.44. The van der Waals surface area contributed by atoms with Crippen molar-refractivity contribution in [2.75, 3.05) is 26.5 Å². The fourth-order valence-electron chi connectivity index (χ4n) is 3.89. The monoisotopic (exact) mass is 539 g/mol. The number of esters is 2. The van der Waals surface area contributed by atoms with Crippen LogP contribution in [0.1, 0.15) is 30.0 Å². The number of benzene rings is 3. The number of carbonyl (C=O) groups is 2. The topological polar surface area (TPSA) is 108 Å². The number of hydrogen-bond acceptors (Lipinski definition) is 8. The lowest BCUT2D eigenvalue weighted by molar-refractivity contribution is -0.145. The minimum Gasteiger partial charge on any atom is -0.496 e. The normalized spacial score (nSPS) is 11.1. The molecule has 0 fully saturated rings. The molecule has 0 aliphatic heterocycles. The number of sulfone groups is 1. The van der Waals surface area contributed by atoms with E-state index in [1.165, 1.54) is 0 Å². The van der Waals surface area contributed by atoms with Crippen molar-refractivity contribution < 1.29 is 32.2 Å². The molecule has 0 bridgehead atoms. The molecule has 3 rings (SSSR count). The molecule has 0 saturated carbocycles. The Labute approximate surface area is 223 Å². The third-order valence-corrected chi connectivity index (χ3v) is 6.89. The van der Waals surface area contributed by atoms with Crippen LogP contribution in [-0.4, -0.2) is 46.9 Å². The maximum Gasteiger partial charge on any atom is 0.310 e. The van der Waals surface area contributed by atoms with Gasteiger partial charge < -0.3 is 19.5 Å². The van der Waals surface area contributed by atoms with Crippen molar-refractivity contribution in [2.24, 2.45) is 0 Å². The van der Waals surface area contributed by atoms with E-state index in [0.29, 0.717) is 36.6 Å². The molecule has 202 valence electrons. The average molecular weight is 540 g/mol. The van der Waals surface area contributed by atoms with Gasteiger partial charge in [0.2, 0.25) is 0 Å². The molecule has 0 aromatic heterocycles. The van der Waals surface area contributed by atoms with E-state index in [1.54, 1.807) is 44.4 Å². The van der Waals surface area contributed by atoms with E-state index in [2.05, 4.69) is 5.32 Å². The van der Waals surface area contributed by atoms with Crippen molar-refractivity contribution in [3.8, 4) is 16.9 Å². The van der Waals surface area contributed by atoms with Gasteiger partial charge in [-0.15, -0.1) is 0 Å². The first-order valence-corrected chi connectivity index (χ1v) is 14.2. The SMILES string of the molecule is CCOC(=O)Cc1ccc(OC)c(-c2ccc(S(C)(=O)=O)cc2CNCCC(=O)OCc2ccccc2)c1. The van der Waals surface area contributed by atoms with Crippen LogP contribution in [-0.2, 0) is 48.5 Å². The molecule has 0 amide bonds. The molecule has 9 heteroatoms. The van der Waals surface area contributed by atoms with Gasteiger partial charge in [0.1, 0.15) is 12.4 Å². The Morgan fingerprint density at radius 3 is 2.32 bits per heavy atom. The standard InChI is InChI=1S/C29H33NO7S/c1-4-36-29(32)17-22-10-13-27(35-2)26(16-22)25-12-11-24(38(3,33)34)18-23(25)19-30-15-14-28(31)37-20-21-8-6-5-7-9-21/h5-13,16,18,30H,4,14-15,17,19-20H2,1-3H3. The fraction of sp³-hybridized carbons (Fsp3) is 0.310. The van der Waals surface area contributed by atoms with Crippen molar-refractivity contribution in [2.45, 2.75) is 37.8 Å². The summed E-state index contributed by atoms with van der Waals surface area (Å²) in [5.74, 6) is -0.0904. The number of methoxy groups -OCH3 is 1. The number of rotatable bonds is 13. The zero-order chi connectivity index (χ0) is 27.5. The summed E-state index contributed by atoms with van der Waals surface area (Å²) >= 11 is 0. The molecule has 0 unspecified atom stereocenters. The predicted octanol–water partition coefficient (Wildman–Crippen LogP) is 4.09. The lowest BCUT2D eigenvalue weighted by Crippen LogP contribution is -2.19. The number of hydrogen-bond donors (Lipinski definition) is 1. The number of ether oxygens (including phenoxy) is 3. The van der Waals surface area contributed by atoms with Gasteiger partial charge in [0, 0.05) is 24.9 Å². The van der Waals surface area contributed by atoms with Gasteiger partial charge in [0.25, 0.3) is 0 Å². The van der Waals surface area contributed by atoms with Gasteiger partial charge in [-0.1, -0.05) is 42.5 Å². The van der Waals surface area contributed by atoms with Gasteiger partial charge in [0.05, 0.1) is 31.5 Å². The zero-order valence-corrected chi connectivity index (χ0v) is 22.7. The summed E-state index contributed by atoms with van der Waals surface area (Å²) in [4.78, 5) is 24.4. The molecule has 38 heavy (non-hydrogen) atoms. The second-order valence-electron chi connectivity index (χ2n) is 8.68. The second-order valence-corrected chi connectivity index (χ2v) is 10.7. The third-order valence-electron chi connectivity index (χ3n) is 5.78. The molecule has 3 aromatic rings. The van der Waals surface area contributed by atoms with Crippen molar-refractivity contribution in [3.63, 3.8) is 0 Å². The molecule has 3 aromatic carbocycles. The summed E-state index contributed by atoms with van der Waals surface area (Å²) in [6, 6.07) is 19.7. The van der Waals surface area contributed by atoms with Gasteiger partial charge in [-0.2, -0.15) is 0 Å². The van der Waals surface area contributed by atoms with Crippen LogP contribution in [0.25, 0.3) is 11.1 Å². The van der Waals surface area contributed by atoms with E-state index < -0.39 is 9.84 Å². The lowest BCUT2D eigenvalue weighted by atomic mass is 9.96. The van der Waals surface area contributed by atoms with E-state index in [0.717, 1.165) is 22.9 Å². The highest BCUT2D eigenvalue weighted by Gasteiger charge is 2.17. The molecule has 0 heterocycles. The van der Waals surface area contributed by atoms with E-state index in [-0.39, 0.29) is 36.3 Å². The van der Waals surface area contributed by atoms with Crippen LogP contribution in [0.2, 0.25) is 0 Å². The van der Waals surface area contributed by atoms with Gasteiger partial charge in [-0.05, 0) is 53.4 Å². The second kappa shape index (κ2) is 13.7. The van der Waals surface area contributed by atoms with Gasteiger partial charge >= 0.3 is 11.9 Å². The summed E-state index contributed by atoms with van der Waals surface area (Å²) in [5.41, 5.74) is 3.83.